The average Bonchev–Trinajstić information content (AvgIpc) is 2.18. The minimum Gasteiger partial charge on any atom is -0.497 e. The first-order chi connectivity index (χ1) is 6.27. The van der Waals surface area contributed by atoms with Gasteiger partial charge in [0.25, 0.3) is 0 Å². The second kappa shape index (κ2) is 4.90. The number of methoxy groups -OCH3 is 1. The van der Waals surface area contributed by atoms with Crippen LogP contribution in [-0.2, 0) is 0 Å². The molecule has 0 radical (unpaired) electrons. The van der Waals surface area contributed by atoms with Crippen molar-refractivity contribution < 1.29 is 4.74 Å². The number of benzene rings is 1. The van der Waals surface area contributed by atoms with Gasteiger partial charge < -0.3 is 4.74 Å². The SMILES string of the molecule is CCCC(C)c1cccc(OC)c1. The maximum Gasteiger partial charge on any atom is 0.119 e. The molecule has 1 rings (SSSR count). The molecule has 0 fully saturated rings. The van der Waals surface area contributed by atoms with Crippen molar-refractivity contribution in [3.8, 4) is 5.75 Å². The summed E-state index contributed by atoms with van der Waals surface area (Å²) in [7, 11) is 1.71. The molecule has 1 unspecified atom stereocenters. The van der Waals surface area contributed by atoms with E-state index in [2.05, 4.69) is 32.0 Å². The molecular weight excluding hydrogens is 160 g/mol. The topological polar surface area (TPSA) is 9.23 Å². The van der Waals surface area contributed by atoms with Gasteiger partial charge in [0.2, 0.25) is 0 Å². The van der Waals surface area contributed by atoms with Crippen LogP contribution < -0.4 is 4.74 Å². The van der Waals surface area contributed by atoms with E-state index >= 15 is 0 Å². The number of ether oxygens (including phenoxy) is 1. The summed E-state index contributed by atoms with van der Waals surface area (Å²) in [6.45, 7) is 4.48. The van der Waals surface area contributed by atoms with Crippen molar-refractivity contribution in [3.63, 3.8) is 0 Å². The molecule has 0 aliphatic carbocycles. The highest BCUT2D eigenvalue weighted by Crippen LogP contribution is 2.23. The summed E-state index contributed by atoms with van der Waals surface area (Å²) < 4.78 is 5.18. The van der Waals surface area contributed by atoms with Crippen molar-refractivity contribution in [1.29, 1.82) is 0 Å². The highest BCUT2D eigenvalue weighted by atomic mass is 16.5. The van der Waals surface area contributed by atoms with Gasteiger partial charge in [0, 0.05) is 0 Å². The molecule has 0 N–H and O–H groups in total. The molecule has 1 heteroatoms. The molecule has 1 nitrogen and oxygen atoms in total. The van der Waals surface area contributed by atoms with Crippen molar-refractivity contribution in [1.82, 2.24) is 0 Å². The van der Waals surface area contributed by atoms with Gasteiger partial charge in [-0.2, -0.15) is 0 Å². The Morgan fingerprint density at radius 3 is 2.77 bits per heavy atom. The van der Waals surface area contributed by atoms with E-state index in [1.807, 2.05) is 6.07 Å². The number of hydrogen-bond donors (Lipinski definition) is 0. The van der Waals surface area contributed by atoms with E-state index in [1.165, 1.54) is 18.4 Å². The van der Waals surface area contributed by atoms with E-state index in [4.69, 9.17) is 4.74 Å². The third-order valence-electron chi connectivity index (χ3n) is 2.38. The average molecular weight is 178 g/mol. The van der Waals surface area contributed by atoms with Crippen LogP contribution in [0.15, 0.2) is 24.3 Å². The monoisotopic (exact) mass is 178 g/mol. The molecule has 0 amide bonds. The quantitative estimate of drug-likeness (QED) is 0.684. The van der Waals surface area contributed by atoms with Gasteiger partial charge in [0.05, 0.1) is 7.11 Å². The predicted molar refractivity (Wildman–Crippen MR) is 56.3 cm³/mol. The maximum absolute atomic E-state index is 5.18. The van der Waals surface area contributed by atoms with Gasteiger partial charge in [0.15, 0.2) is 0 Å². The normalized spacial score (nSPS) is 12.5. The zero-order valence-electron chi connectivity index (χ0n) is 8.71. The molecule has 0 spiro atoms. The van der Waals surface area contributed by atoms with Crippen molar-refractivity contribution in [2.24, 2.45) is 0 Å². The van der Waals surface area contributed by atoms with Gasteiger partial charge in [-0.3, -0.25) is 0 Å². The first kappa shape index (κ1) is 10.1. The predicted octanol–water partition coefficient (Wildman–Crippen LogP) is 3.60. The Hall–Kier alpha value is -0.980. The van der Waals surface area contributed by atoms with Gasteiger partial charge in [-0.05, 0) is 30.0 Å². The lowest BCUT2D eigenvalue weighted by Gasteiger charge is -2.11. The second-order valence-electron chi connectivity index (χ2n) is 3.47. The Kier molecular flexibility index (Phi) is 3.81. The largest absolute Gasteiger partial charge is 0.497 e. The fraction of sp³-hybridized carbons (Fsp3) is 0.500. The van der Waals surface area contributed by atoms with E-state index < -0.39 is 0 Å². The Labute approximate surface area is 80.7 Å². The van der Waals surface area contributed by atoms with Gasteiger partial charge in [-0.1, -0.05) is 32.4 Å². The smallest absolute Gasteiger partial charge is 0.119 e. The summed E-state index contributed by atoms with van der Waals surface area (Å²) in [4.78, 5) is 0. The third-order valence-corrected chi connectivity index (χ3v) is 2.38. The molecule has 0 aliphatic heterocycles. The van der Waals surface area contributed by atoms with E-state index in [9.17, 15) is 0 Å². The summed E-state index contributed by atoms with van der Waals surface area (Å²) in [5.74, 6) is 1.60. The Bertz CT molecular complexity index is 255. The minimum absolute atomic E-state index is 0.639. The van der Waals surface area contributed by atoms with Crippen LogP contribution in [0.1, 0.15) is 38.2 Å². The van der Waals surface area contributed by atoms with Crippen LogP contribution in [0.4, 0.5) is 0 Å². The molecule has 0 aromatic heterocycles. The van der Waals surface area contributed by atoms with E-state index in [0.29, 0.717) is 5.92 Å². The van der Waals surface area contributed by atoms with E-state index in [0.717, 1.165) is 5.75 Å². The van der Waals surface area contributed by atoms with Gasteiger partial charge >= 0.3 is 0 Å². The fourth-order valence-corrected chi connectivity index (χ4v) is 1.55. The van der Waals surface area contributed by atoms with E-state index in [-0.39, 0.29) is 0 Å². The lowest BCUT2D eigenvalue weighted by Crippen LogP contribution is -1.93. The molecule has 1 atom stereocenters. The van der Waals surface area contributed by atoms with Gasteiger partial charge in [0.1, 0.15) is 5.75 Å². The number of rotatable bonds is 4. The maximum atomic E-state index is 5.18. The Balaban J connectivity index is 2.75. The molecule has 0 aliphatic rings. The fourth-order valence-electron chi connectivity index (χ4n) is 1.55. The molecule has 0 bridgehead atoms. The summed E-state index contributed by atoms with van der Waals surface area (Å²) >= 11 is 0. The molecule has 0 heterocycles. The van der Waals surface area contributed by atoms with Crippen molar-refractivity contribution >= 4 is 0 Å². The Morgan fingerprint density at radius 2 is 2.15 bits per heavy atom. The van der Waals surface area contributed by atoms with Crippen molar-refractivity contribution in [2.45, 2.75) is 32.6 Å². The lowest BCUT2D eigenvalue weighted by molar-refractivity contribution is 0.413. The highest BCUT2D eigenvalue weighted by molar-refractivity contribution is 5.30. The van der Waals surface area contributed by atoms with Gasteiger partial charge in [-0.25, -0.2) is 0 Å². The van der Waals surface area contributed by atoms with E-state index in [1.54, 1.807) is 7.11 Å². The Morgan fingerprint density at radius 1 is 1.38 bits per heavy atom. The van der Waals surface area contributed by atoms with Crippen LogP contribution in [0.5, 0.6) is 5.75 Å². The van der Waals surface area contributed by atoms with Crippen LogP contribution in [0.3, 0.4) is 0 Å². The molecule has 0 saturated carbocycles. The van der Waals surface area contributed by atoms with Crippen molar-refractivity contribution in [3.05, 3.63) is 29.8 Å². The zero-order valence-corrected chi connectivity index (χ0v) is 8.71. The van der Waals surface area contributed by atoms with Crippen LogP contribution in [0, 0.1) is 0 Å². The molecule has 13 heavy (non-hydrogen) atoms. The molecule has 1 aromatic rings. The molecule has 0 saturated heterocycles. The molecular formula is C12H18O. The second-order valence-corrected chi connectivity index (χ2v) is 3.47. The standard InChI is InChI=1S/C12H18O/c1-4-6-10(2)11-7-5-8-12(9-11)13-3/h5,7-10H,4,6H2,1-3H3. The first-order valence-corrected chi connectivity index (χ1v) is 4.92. The van der Waals surface area contributed by atoms with Gasteiger partial charge in [-0.15, -0.1) is 0 Å². The van der Waals surface area contributed by atoms with Crippen molar-refractivity contribution in [2.75, 3.05) is 7.11 Å². The highest BCUT2D eigenvalue weighted by Gasteiger charge is 2.04. The zero-order chi connectivity index (χ0) is 9.68. The molecule has 1 aromatic carbocycles. The van der Waals surface area contributed by atoms with Crippen LogP contribution in [0.25, 0.3) is 0 Å². The number of hydrogen-bond acceptors (Lipinski definition) is 1. The van der Waals surface area contributed by atoms with Crippen LogP contribution >= 0.6 is 0 Å². The lowest BCUT2D eigenvalue weighted by atomic mass is 9.96. The third kappa shape index (κ3) is 2.76. The summed E-state index contributed by atoms with van der Waals surface area (Å²) in [5.41, 5.74) is 1.38. The minimum atomic E-state index is 0.639. The van der Waals surface area contributed by atoms with Crippen LogP contribution in [-0.4, -0.2) is 7.11 Å². The molecule has 72 valence electrons. The summed E-state index contributed by atoms with van der Waals surface area (Å²) in [5, 5.41) is 0. The first-order valence-electron chi connectivity index (χ1n) is 4.92. The summed E-state index contributed by atoms with van der Waals surface area (Å²) in [6, 6.07) is 8.34. The summed E-state index contributed by atoms with van der Waals surface area (Å²) in [6.07, 6.45) is 2.48. The van der Waals surface area contributed by atoms with Crippen LogP contribution in [0.2, 0.25) is 0 Å².